The van der Waals surface area contributed by atoms with Gasteiger partial charge in [0, 0.05) is 34.3 Å². The van der Waals surface area contributed by atoms with E-state index in [-0.39, 0.29) is 28.8 Å². The summed E-state index contributed by atoms with van der Waals surface area (Å²) < 4.78 is 0.565. The molecule has 36 heavy (non-hydrogen) atoms. The van der Waals surface area contributed by atoms with Crippen LogP contribution in [0.2, 0.25) is 5.02 Å². The number of nitrogens with zero attached hydrogens (tertiary/aromatic N) is 5. The number of hydrogen-bond donors (Lipinski definition) is 2. The van der Waals surface area contributed by atoms with Crippen molar-refractivity contribution in [3.8, 4) is 6.07 Å². The number of amides is 1. The summed E-state index contributed by atoms with van der Waals surface area (Å²) in [6, 6.07) is 9.33. The van der Waals surface area contributed by atoms with E-state index in [9.17, 15) is 14.9 Å². The van der Waals surface area contributed by atoms with Crippen molar-refractivity contribution in [2.24, 2.45) is 5.73 Å². The maximum atomic E-state index is 13.2. The van der Waals surface area contributed by atoms with Crippen LogP contribution in [-0.4, -0.2) is 32.6 Å². The van der Waals surface area contributed by atoms with E-state index in [1.165, 1.54) is 34.4 Å². The molecule has 3 N–H and O–H groups in total. The molecule has 1 aromatic carbocycles. The van der Waals surface area contributed by atoms with Crippen LogP contribution >= 0.6 is 46.0 Å². The van der Waals surface area contributed by atoms with Crippen molar-refractivity contribution in [2.45, 2.75) is 29.5 Å². The Labute approximate surface area is 223 Å². The van der Waals surface area contributed by atoms with Crippen LogP contribution in [0, 0.1) is 11.3 Å². The number of carbonyl (C=O) groups is 2. The Hall–Kier alpha value is -3.24. The zero-order valence-corrected chi connectivity index (χ0v) is 21.8. The van der Waals surface area contributed by atoms with Gasteiger partial charge in [0.15, 0.2) is 15.3 Å². The Morgan fingerprint density at radius 2 is 2.11 bits per heavy atom. The number of rotatable bonds is 6. The number of thioether (sulfide) groups is 1. The fourth-order valence-electron chi connectivity index (χ4n) is 4.21. The van der Waals surface area contributed by atoms with Gasteiger partial charge in [-0.25, -0.2) is 4.98 Å². The lowest BCUT2D eigenvalue weighted by molar-refractivity contribution is -0.116. The summed E-state index contributed by atoms with van der Waals surface area (Å²) in [5.74, 6) is -0.430. The second-order valence-corrected chi connectivity index (χ2v) is 11.4. The molecule has 2 aromatic heterocycles. The van der Waals surface area contributed by atoms with Crippen LogP contribution in [0.4, 0.5) is 10.3 Å². The lowest BCUT2D eigenvalue weighted by Crippen LogP contribution is -2.38. The Morgan fingerprint density at radius 3 is 2.83 bits per heavy atom. The van der Waals surface area contributed by atoms with Gasteiger partial charge in [-0.05, 0) is 30.5 Å². The molecule has 0 fully saturated rings. The zero-order valence-electron chi connectivity index (χ0n) is 18.6. The van der Waals surface area contributed by atoms with E-state index in [2.05, 4.69) is 26.6 Å². The third-order valence-corrected chi connectivity index (χ3v) is 8.69. The Balaban J connectivity index is 1.45. The van der Waals surface area contributed by atoms with Crippen molar-refractivity contribution in [3.63, 3.8) is 0 Å². The average Bonchev–Trinajstić information content (AvgIpc) is 3.55. The SMILES string of the molecule is N#CC1=C(N)N(c2nnc(SCC(=O)Nc3nccs3)s2)C2=C(C(=O)CCC2)C1c1ccc(Cl)cc1. The number of ketones is 1. The van der Waals surface area contributed by atoms with Gasteiger partial charge in [0.05, 0.1) is 23.3 Å². The van der Waals surface area contributed by atoms with Crippen LogP contribution in [-0.2, 0) is 9.59 Å². The van der Waals surface area contributed by atoms with Crippen LogP contribution in [0.3, 0.4) is 0 Å². The fourth-order valence-corrected chi connectivity index (χ4v) is 6.56. The first-order valence-electron chi connectivity index (χ1n) is 10.8. The highest BCUT2D eigenvalue weighted by molar-refractivity contribution is 8.01. The predicted molar refractivity (Wildman–Crippen MR) is 141 cm³/mol. The molecule has 5 rings (SSSR count). The van der Waals surface area contributed by atoms with Gasteiger partial charge in [-0.15, -0.1) is 21.5 Å². The predicted octanol–water partition coefficient (Wildman–Crippen LogP) is 4.68. The molecule has 1 atom stereocenters. The number of benzene rings is 1. The van der Waals surface area contributed by atoms with Crippen molar-refractivity contribution >= 4 is 68.0 Å². The van der Waals surface area contributed by atoms with E-state index in [1.807, 2.05) is 12.1 Å². The number of Topliss-reactive ketones (excluding diaryl/α,β-unsaturated/α-hetero) is 1. The number of hydrogen-bond acceptors (Lipinski definition) is 11. The van der Waals surface area contributed by atoms with Crippen molar-refractivity contribution in [1.82, 2.24) is 15.2 Å². The number of nitrogens with two attached hydrogens (primary N) is 1. The summed E-state index contributed by atoms with van der Waals surface area (Å²) >= 11 is 9.89. The zero-order chi connectivity index (χ0) is 25.2. The molecule has 1 aliphatic heterocycles. The minimum absolute atomic E-state index is 0.0144. The molecule has 0 radical (unpaired) electrons. The van der Waals surface area contributed by atoms with Crippen molar-refractivity contribution in [1.29, 1.82) is 5.26 Å². The normalized spacial score (nSPS) is 17.7. The number of nitrogens with one attached hydrogen (secondary N) is 1. The van der Waals surface area contributed by atoms with Gasteiger partial charge in [0.1, 0.15) is 5.82 Å². The molecule has 3 aromatic rings. The van der Waals surface area contributed by atoms with Crippen LogP contribution in [0.25, 0.3) is 0 Å². The standard InChI is InChI=1S/C23H18ClN7O2S3/c24-13-6-4-12(5-7-13)18-14(10-25)20(26)31(15-2-1-3-16(32)19(15)18)22-29-30-23(36-22)35-11-17(33)28-21-27-8-9-34-21/h4-9,18H,1-3,11,26H2,(H,27,28,33). The summed E-state index contributed by atoms with van der Waals surface area (Å²) in [4.78, 5) is 31.1. The summed E-state index contributed by atoms with van der Waals surface area (Å²) in [7, 11) is 0. The molecule has 13 heteroatoms. The first kappa shape index (κ1) is 24.5. The number of aromatic nitrogens is 3. The molecule has 2 aliphatic rings. The minimum atomic E-state index is -0.567. The molecule has 182 valence electrons. The third-order valence-electron chi connectivity index (χ3n) is 5.71. The monoisotopic (exact) mass is 555 g/mol. The number of thiazole rings is 1. The smallest absolute Gasteiger partial charge is 0.236 e. The molecule has 1 unspecified atom stereocenters. The first-order chi connectivity index (χ1) is 17.5. The van der Waals surface area contributed by atoms with E-state index in [0.29, 0.717) is 44.5 Å². The topological polar surface area (TPSA) is 138 Å². The quantitative estimate of drug-likeness (QED) is 0.415. The fraction of sp³-hybridized carbons (Fsp3) is 0.217. The summed E-state index contributed by atoms with van der Waals surface area (Å²) in [5.41, 5.74) is 8.90. The summed E-state index contributed by atoms with van der Waals surface area (Å²) in [6.07, 6.45) is 3.31. The highest BCUT2D eigenvalue weighted by Gasteiger charge is 2.41. The van der Waals surface area contributed by atoms with Crippen LogP contribution in [0.5, 0.6) is 0 Å². The lowest BCUT2D eigenvalue weighted by Gasteiger charge is -2.38. The molecular weight excluding hydrogens is 538 g/mol. The molecule has 0 saturated carbocycles. The van der Waals surface area contributed by atoms with E-state index < -0.39 is 5.92 Å². The van der Waals surface area contributed by atoms with Crippen molar-refractivity contribution in [2.75, 3.05) is 16.0 Å². The molecular formula is C23H18ClN7O2S3. The van der Waals surface area contributed by atoms with Gasteiger partial charge in [-0.2, -0.15) is 5.26 Å². The third kappa shape index (κ3) is 4.75. The van der Waals surface area contributed by atoms with Crippen molar-refractivity contribution in [3.05, 3.63) is 69.1 Å². The molecule has 1 aliphatic carbocycles. The molecule has 0 saturated heterocycles. The van der Waals surface area contributed by atoms with Crippen LogP contribution in [0.1, 0.15) is 30.7 Å². The molecule has 1 amide bonds. The van der Waals surface area contributed by atoms with Gasteiger partial charge >= 0.3 is 0 Å². The first-order valence-corrected chi connectivity index (χ1v) is 13.9. The number of allylic oxidation sites excluding steroid dienone is 3. The number of nitriles is 1. The van der Waals surface area contributed by atoms with E-state index in [1.54, 1.807) is 28.6 Å². The van der Waals surface area contributed by atoms with E-state index in [4.69, 9.17) is 17.3 Å². The number of anilines is 2. The van der Waals surface area contributed by atoms with Gasteiger partial charge in [0.2, 0.25) is 11.0 Å². The van der Waals surface area contributed by atoms with Gasteiger partial charge in [-0.1, -0.05) is 46.8 Å². The summed E-state index contributed by atoms with van der Waals surface area (Å²) in [5, 5.41) is 24.6. The van der Waals surface area contributed by atoms with Gasteiger partial charge < -0.3 is 11.1 Å². The second kappa shape index (κ2) is 10.4. The van der Waals surface area contributed by atoms with Crippen molar-refractivity contribution < 1.29 is 9.59 Å². The van der Waals surface area contributed by atoms with E-state index in [0.717, 1.165) is 11.3 Å². The highest BCUT2D eigenvalue weighted by Crippen LogP contribution is 2.47. The average molecular weight is 556 g/mol. The molecule has 0 spiro atoms. The summed E-state index contributed by atoms with van der Waals surface area (Å²) in [6.45, 7) is 0. The number of carbonyl (C=O) groups excluding carboxylic acids is 2. The van der Waals surface area contributed by atoms with Gasteiger partial charge in [0.25, 0.3) is 0 Å². The second-order valence-electron chi connectivity index (χ2n) is 7.89. The Bertz CT molecular complexity index is 1420. The van der Waals surface area contributed by atoms with E-state index >= 15 is 0 Å². The van der Waals surface area contributed by atoms with Crippen LogP contribution < -0.4 is 16.0 Å². The maximum Gasteiger partial charge on any atom is 0.236 e. The highest BCUT2D eigenvalue weighted by atomic mass is 35.5. The largest absolute Gasteiger partial charge is 0.384 e. The van der Waals surface area contributed by atoms with Gasteiger partial charge in [-0.3, -0.25) is 14.5 Å². The molecule has 0 bridgehead atoms. The Kier molecular flexibility index (Phi) is 7.06. The molecule has 9 nitrogen and oxygen atoms in total. The minimum Gasteiger partial charge on any atom is -0.384 e. The lowest BCUT2D eigenvalue weighted by atomic mass is 9.76. The Morgan fingerprint density at radius 1 is 1.31 bits per heavy atom. The maximum absolute atomic E-state index is 13.2. The number of halogens is 1. The van der Waals surface area contributed by atoms with Crippen LogP contribution in [0.15, 0.2) is 62.8 Å². The molecule has 3 heterocycles.